The second-order valence-electron chi connectivity index (χ2n) is 7.44. The summed E-state index contributed by atoms with van der Waals surface area (Å²) in [6.45, 7) is 7.91. The van der Waals surface area contributed by atoms with Gasteiger partial charge >= 0.3 is 0 Å². The SMILES string of the molecule is Cc1ccc(NC(=O)C2CC2C(=O)Nc2ccc(OC(C)C)cc2)c(C)c1. The highest BCUT2D eigenvalue weighted by Gasteiger charge is 2.48. The molecule has 3 rings (SSSR count). The molecule has 0 radical (unpaired) electrons. The predicted molar refractivity (Wildman–Crippen MR) is 107 cm³/mol. The third-order valence-electron chi connectivity index (χ3n) is 4.60. The van der Waals surface area contributed by atoms with Crippen LogP contribution in [0, 0.1) is 25.7 Å². The molecule has 2 amide bonds. The first-order chi connectivity index (χ1) is 12.8. The highest BCUT2D eigenvalue weighted by Crippen LogP contribution is 2.40. The van der Waals surface area contributed by atoms with Gasteiger partial charge in [-0.05, 0) is 70.0 Å². The number of amides is 2. The van der Waals surface area contributed by atoms with Crippen LogP contribution < -0.4 is 15.4 Å². The zero-order valence-electron chi connectivity index (χ0n) is 16.2. The van der Waals surface area contributed by atoms with E-state index in [-0.39, 0.29) is 29.8 Å². The van der Waals surface area contributed by atoms with Gasteiger partial charge in [0.1, 0.15) is 5.75 Å². The summed E-state index contributed by atoms with van der Waals surface area (Å²) in [7, 11) is 0. The van der Waals surface area contributed by atoms with Crippen LogP contribution in [0.1, 0.15) is 31.4 Å². The number of rotatable bonds is 6. The molecule has 0 aliphatic heterocycles. The Morgan fingerprint density at radius 2 is 1.59 bits per heavy atom. The van der Waals surface area contributed by atoms with E-state index in [1.54, 1.807) is 0 Å². The Morgan fingerprint density at radius 3 is 2.19 bits per heavy atom. The summed E-state index contributed by atoms with van der Waals surface area (Å²) in [4.78, 5) is 24.8. The van der Waals surface area contributed by atoms with Gasteiger partial charge in [-0.15, -0.1) is 0 Å². The van der Waals surface area contributed by atoms with E-state index in [4.69, 9.17) is 4.74 Å². The average Bonchev–Trinajstić information content (AvgIpc) is 3.39. The van der Waals surface area contributed by atoms with Crippen LogP contribution in [0.3, 0.4) is 0 Å². The van der Waals surface area contributed by atoms with E-state index >= 15 is 0 Å². The summed E-state index contributed by atoms with van der Waals surface area (Å²) in [6, 6.07) is 13.2. The number of aryl methyl sites for hydroxylation is 2. The summed E-state index contributed by atoms with van der Waals surface area (Å²) in [5, 5.41) is 5.82. The molecule has 0 aromatic heterocycles. The molecule has 2 atom stereocenters. The minimum absolute atomic E-state index is 0.0946. The van der Waals surface area contributed by atoms with Crippen molar-refractivity contribution in [1.82, 2.24) is 0 Å². The predicted octanol–water partition coefficient (Wildman–Crippen LogP) is 4.30. The Bertz CT molecular complexity index is 843. The standard InChI is InChI=1S/C22H26N2O3/c1-13(2)27-17-8-6-16(7-9-17)23-21(25)18-12-19(18)22(26)24-20-10-5-14(3)11-15(20)4/h5-11,13,18-19H,12H2,1-4H3,(H,23,25)(H,24,26). The lowest BCUT2D eigenvalue weighted by Gasteiger charge is -2.11. The highest BCUT2D eigenvalue weighted by atomic mass is 16.5. The van der Waals surface area contributed by atoms with Crippen molar-refractivity contribution in [2.45, 2.75) is 40.2 Å². The van der Waals surface area contributed by atoms with Crippen molar-refractivity contribution in [3.8, 4) is 5.75 Å². The van der Waals surface area contributed by atoms with Crippen molar-refractivity contribution in [3.05, 3.63) is 53.6 Å². The molecule has 1 aliphatic carbocycles. The molecule has 2 N–H and O–H groups in total. The summed E-state index contributed by atoms with van der Waals surface area (Å²) >= 11 is 0. The third-order valence-corrected chi connectivity index (χ3v) is 4.60. The summed E-state index contributed by atoms with van der Waals surface area (Å²) < 4.78 is 5.59. The molecule has 2 aromatic rings. The van der Waals surface area contributed by atoms with Crippen molar-refractivity contribution in [1.29, 1.82) is 0 Å². The summed E-state index contributed by atoms with van der Waals surface area (Å²) in [5.41, 5.74) is 3.68. The topological polar surface area (TPSA) is 67.4 Å². The Kier molecular flexibility index (Phi) is 5.49. The zero-order chi connectivity index (χ0) is 19.6. The fourth-order valence-electron chi connectivity index (χ4n) is 3.08. The maximum absolute atomic E-state index is 12.4. The lowest BCUT2D eigenvalue weighted by molar-refractivity contribution is -0.122. The van der Waals surface area contributed by atoms with Gasteiger partial charge < -0.3 is 15.4 Å². The first-order valence-corrected chi connectivity index (χ1v) is 9.29. The minimum Gasteiger partial charge on any atom is -0.491 e. The van der Waals surface area contributed by atoms with Gasteiger partial charge in [0.25, 0.3) is 0 Å². The lowest BCUT2D eigenvalue weighted by Crippen LogP contribution is -2.21. The fourth-order valence-corrected chi connectivity index (χ4v) is 3.08. The molecular weight excluding hydrogens is 340 g/mol. The van der Waals surface area contributed by atoms with Crippen LogP contribution in [-0.2, 0) is 9.59 Å². The van der Waals surface area contributed by atoms with Gasteiger partial charge in [0.2, 0.25) is 11.8 Å². The molecule has 0 saturated heterocycles. The molecule has 1 aliphatic rings. The summed E-state index contributed by atoms with van der Waals surface area (Å²) in [6.07, 6.45) is 0.685. The van der Waals surface area contributed by atoms with E-state index in [9.17, 15) is 9.59 Å². The molecule has 142 valence electrons. The monoisotopic (exact) mass is 366 g/mol. The maximum atomic E-state index is 12.4. The van der Waals surface area contributed by atoms with Crippen molar-refractivity contribution in [3.63, 3.8) is 0 Å². The van der Waals surface area contributed by atoms with Gasteiger partial charge in [0.15, 0.2) is 0 Å². The van der Waals surface area contributed by atoms with E-state index in [0.29, 0.717) is 12.1 Å². The van der Waals surface area contributed by atoms with E-state index in [2.05, 4.69) is 10.6 Å². The van der Waals surface area contributed by atoms with Crippen LogP contribution in [-0.4, -0.2) is 17.9 Å². The van der Waals surface area contributed by atoms with Crippen molar-refractivity contribution >= 4 is 23.2 Å². The van der Waals surface area contributed by atoms with Gasteiger partial charge in [-0.3, -0.25) is 9.59 Å². The number of carbonyl (C=O) groups excluding carboxylic acids is 2. The molecular formula is C22H26N2O3. The lowest BCUT2D eigenvalue weighted by atomic mass is 10.1. The van der Waals surface area contributed by atoms with Crippen LogP contribution in [0.5, 0.6) is 5.75 Å². The van der Waals surface area contributed by atoms with E-state index in [0.717, 1.165) is 22.6 Å². The highest BCUT2D eigenvalue weighted by molar-refractivity contribution is 6.03. The number of hydrogen-bond donors (Lipinski definition) is 2. The first-order valence-electron chi connectivity index (χ1n) is 9.29. The molecule has 0 bridgehead atoms. The van der Waals surface area contributed by atoms with Gasteiger partial charge in [-0.2, -0.15) is 0 Å². The minimum atomic E-state index is -0.276. The Balaban J connectivity index is 1.53. The molecule has 0 spiro atoms. The fraction of sp³-hybridized carbons (Fsp3) is 0.364. The van der Waals surface area contributed by atoms with E-state index in [1.165, 1.54) is 0 Å². The van der Waals surface area contributed by atoms with E-state index < -0.39 is 0 Å². The normalized spacial score (nSPS) is 18.1. The van der Waals surface area contributed by atoms with Gasteiger partial charge in [-0.25, -0.2) is 0 Å². The quantitative estimate of drug-likeness (QED) is 0.801. The van der Waals surface area contributed by atoms with E-state index in [1.807, 2.05) is 70.2 Å². The molecule has 2 unspecified atom stereocenters. The number of benzene rings is 2. The van der Waals surface area contributed by atoms with Crippen molar-refractivity contribution in [2.75, 3.05) is 10.6 Å². The molecule has 27 heavy (non-hydrogen) atoms. The molecule has 1 fully saturated rings. The van der Waals surface area contributed by atoms with Crippen LogP contribution in [0.25, 0.3) is 0 Å². The average molecular weight is 366 g/mol. The second-order valence-corrected chi connectivity index (χ2v) is 7.44. The number of nitrogens with one attached hydrogen (secondary N) is 2. The third kappa shape index (κ3) is 4.88. The second kappa shape index (κ2) is 7.82. The van der Waals surface area contributed by atoms with Crippen molar-refractivity contribution < 1.29 is 14.3 Å². The Hall–Kier alpha value is -2.82. The molecule has 0 heterocycles. The molecule has 2 aromatic carbocycles. The Morgan fingerprint density at radius 1 is 0.963 bits per heavy atom. The number of hydrogen-bond acceptors (Lipinski definition) is 3. The first kappa shape index (κ1) is 19.0. The van der Waals surface area contributed by atoms with Crippen LogP contribution >= 0.6 is 0 Å². The molecule has 5 nitrogen and oxygen atoms in total. The summed E-state index contributed by atoms with van der Waals surface area (Å²) in [5.74, 6) is 0.00725. The van der Waals surface area contributed by atoms with Gasteiger partial charge in [-0.1, -0.05) is 17.7 Å². The molecule has 5 heteroatoms. The molecule has 1 saturated carbocycles. The van der Waals surface area contributed by atoms with Gasteiger partial charge in [0.05, 0.1) is 17.9 Å². The van der Waals surface area contributed by atoms with Crippen LogP contribution in [0.4, 0.5) is 11.4 Å². The zero-order valence-corrected chi connectivity index (χ0v) is 16.2. The number of carbonyl (C=O) groups is 2. The number of ether oxygens (including phenoxy) is 1. The van der Waals surface area contributed by atoms with Gasteiger partial charge in [0, 0.05) is 11.4 Å². The maximum Gasteiger partial charge on any atom is 0.228 e. The van der Waals surface area contributed by atoms with Crippen LogP contribution in [0.15, 0.2) is 42.5 Å². The van der Waals surface area contributed by atoms with Crippen LogP contribution in [0.2, 0.25) is 0 Å². The Labute approximate surface area is 160 Å². The van der Waals surface area contributed by atoms with Crippen molar-refractivity contribution in [2.24, 2.45) is 11.8 Å². The largest absolute Gasteiger partial charge is 0.491 e. The number of anilines is 2. The smallest absolute Gasteiger partial charge is 0.228 e.